The van der Waals surface area contributed by atoms with E-state index in [0.717, 1.165) is 16.9 Å². The second-order valence-electron chi connectivity index (χ2n) is 7.69. The van der Waals surface area contributed by atoms with Crippen LogP contribution in [0.25, 0.3) is 0 Å². The van der Waals surface area contributed by atoms with Gasteiger partial charge in [-0.3, -0.25) is 0 Å². The van der Waals surface area contributed by atoms with Gasteiger partial charge < -0.3 is 14.6 Å². The van der Waals surface area contributed by atoms with Crippen molar-refractivity contribution in [3.05, 3.63) is 28.8 Å². The molecule has 0 atom stereocenters. The Bertz CT molecular complexity index is 512. The molecule has 130 valence electrons. The van der Waals surface area contributed by atoms with E-state index in [0.29, 0.717) is 12.2 Å². The molecule has 0 unspecified atom stereocenters. The molecular formula is C19H30O4. The van der Waals surface area contributed by atoms with Gasteiger partial charge in [-0.1, -0.05) is 41.5 Å². The fourth-order valence-electron chi connectivity index (χ4n) is 2.38. The third-order valence-corrected chi connectivity index (χ3v) is 3.55. The molecule has 0 saturated heterocycles. The Balaban J connectivity index is 3.56. The highest BCUT2D eigenvalue weighted by molar-refractivity contribution is 5.90. The normalized spacial score (nSPS) is 12.2. The standard InChI is InChI=1S/C19H30O4/c1-8-22-16-14(18(2,3)4)11-13(17(21)23-10-9-20)12-15(16)19(5,6)7/h11-12,20H,8-10H2,1-7H3. The molecular weight excluding hydrogens is 292 g/mol. The van der Waals surface area contributed by atoms with Crippen molar-refractivity contribution in [2.75, 3.05) is 19.8 Å². The maximum Gasteiger partial charge on any atom is 0.338 e. The van der Waals surface area contributed by atoms with Crippen LogP contribution in [0.5, 0.6) is 5.75 Å². The second kappa shape index (κ2) is 7.35. The predicted molar refractivity (Wildman–Crippen MR) is 92.4 cm³/mol. The molecule has 0 saturated carbocycles. The monoisotopic (exact) mass is 322 g/mol. The van der Waals surface area contributed by atoms with E-state index >= 15 is 0 Å². The van der Waals surface area contributed by atoms with Crippen LogP contribution in [0.15, 0.2) is 12.1 Å². The van der Waals surface area contributed by atoms with Gasteiger partial charge in [-0.2, -0.15) is 0 Å². The van der Waals surface area contributed by atoms with Gasteiger partial charge in [0, 0.05) is 11.1 Å². The van der Waals surface area contributed by atoms with Crippen LogP contribution < -0.4 is 4.74 Å². The summed E-state index contributed by atoms with van der Waals surface area (Å²) in [4.78, 5) is 12.3. The Hall–Kier alpha value is -1.55. The number of carbonyl (C=O) groups excluding carboxylic acids is 1. The zero-order valence-electron chi connectivity index (χ0n) is 15.4. The number of aliphatic hydroxyl groups is 1. The van der Waals surface area contributed by atoms with Crippen molar-refractivity contribution in [1.82, 2.24) is 0 Å². The summed E-state index contributed by atoms with van der Waals surface area (Å²) in [6.07, 6.45) is 0. The van der Waals surface area contributed by atoms with Gasteiger partial charge in [-0.15, -0.1) is 0 Å². The van der Waals surface area contributed by atoms with Crippen LogP contribution in [-0.4, -0.2) is 30.9 Å². The minimum atomic E-state index is -0.418. The van der Waals surface area contributed by atoms with Crippen LogP contribution in [0, 0.1) is 0 Å². The van der Waals surface area contributed by atoms with E-state index in [1.54, 1.807) is 0 Å². The molecule has 1 aromatic rings. The Kier molecular flexibility index (Phi) is 6.23. The van der Waals surface area contributed by atoms with Gasteiger partial charge in [0.1, 0.15) is 12.4 Å². The maximum absolute atomic E-state index is 12.3. The number of carbonyl (C=O) groups is 1. The molecule has 0 amide bonds. The van der Waals surface area contributed by atoms with E-state index in [1.165, 1.54) is 0 Å². The van der Waals surface area contributed by atoms with E-state index in [4.69, 9.17) is 14.6 Å². The number of hydrogen-bond acceptors (Lipinski definition) is 4. The van der Waals surface area contributed by atoms with E-state index in [1.807, 2.05) is 19.1 Å². The smallest absolute Gasteiger partial charge is 0.338 e. The molecule has 0 spiro atoms. The van der Waals surface area contributed by atoms with Crippen molar-refractivity contribution >= 4 is 5.97 Å². The second-order valence-corrected chi connectivity index (χ2v) is 7.69. The summed E-state index contributed by atoms with van der Waals surface area (Å²) in [6, 6.07) is 3.69. The first-order valence-corrected chi connectivity index (χ1v) is 8.12. The Morgan fingerprint density at radius 2 is 1.52 bits per heavy atom. The summed E-state index contributed by atoms with van der Waals surface area (Å²) in [5.74, 6) is 0.435. The zero-order valence-corrected chi connectivity index (χ0v) is 15.4. The first-order valence-electron chi connectivity index (χ1n) is 8.12. The van der Waals surface area contributed by atoms with Gasteiger partial charge in [-0.05, 0) is 29.9 Å². The van der Waals surface area contributed by atoms with Crippen molar-refractivity contribution in [2.45, 2.75) is 59.3 Å². The zero-order chi connectivity index (χ0) is 17.8. The van der Waals surface area contributed by atoms with Crippen molar-refractivity contribution in [3.8, 4) is 5.75 Å². The third kappa shape index (κ3) is 4.96. The predicted octanol–water partition coefficient (Wildman–Crippen LogP) is 3.83. The topological polar surface area (TPSA) is 55.8 Å². The third-order valence-electron chi connectivity index (χ3n) is 3.55. The molecule has 0 aromatic heterocycles. The molecule has 1 rings (SSSR count). The Morgan fingerprint density at radius 3 is 1.87 bits per heavy atom. The quantitative estimate of drug-likeness (QED) is 0.837. The van der Waals surface area contributed by atoms with Crippen molar-refractivity contribution < 1.29 is 19.4 Å². The molecule has 0 fully saturated rings. The largest absolute Gasteiger partial charge is 0.493 e. The Morgan fingerprint density at radius 1 is 1.04 bits per heavy atom. The molecule has 0 aliphatic carbocycles. The summed E-state index contributed by atoms with van der Waals surface area (Å²) in [5.41, 5.74) is 2.14. The lowest BCUT2D eigenvalue weighted by Crippen LogP contribution is -2.22. The number of benzene rings is 1. The lowest BCUT2D eigenvalue weighted by molar-refractivity contribution is 0.0433. The molecule has 1 aromatic carbocycles. The molecule has 4 nitrogen and oxygen atoms in total. The van der Waals surface area contributed by atoms with Crippen LogP contribution in [0.1, 0.15) is 70.0 Å². The molecule has 0 bridgehead atoms. The molecule has 23 heavy (non-hydrogen) atoms. The highest BCUT2D eigenvalue weighted by Gasteiger charge is 2.29. The van der Waals surface area contributed by atoms with Gasteiger partial charge in [0.05, 0.1) is 18.8 Å². The summed E-state index contributed by atoms with van der Waals surface area (Å²) in [7, 11) is 0. The average molecular weight is 322 g/mol. The average Bonchev–Trinajstić information content (AvgIpc) is 2.42. The maximum atomic E-state index is 12.3. The fraction of sp³-hybridized carbons (Fsp3) is 0.632. The molecule has 0 heterocycles. The number of rotatable bonds is 5. The van der Waals surface area contributed by atoms with Crippen LogP contribution in [-0.2, 0) is 15.6 Å². The number of hydrogen-bond donors (Lipinski definition) is 1. The van der Waals surface area contributed by atoms with E-state index in [9.17, 15) is 4.79 Å². The minimum Gasteiger partial charge on any atom is -0.493 e. The number of ether oxygens (including phenoxy) is 2. The van der Waals surface area contributed by atoms with Gasteiger partial charge in [-0.25, -0.2) is 4.79 Å². The molecule has 0 aliphatic heterocycles. The van der Waals surface area contributed by atoms with Gasteiger partial charge >= 0.3 is 5.97 Å². The summed E-state index contributed by atoms with van der Waals surface area (Å²) < 4.78 is 11.0. The molecule has 0 aliphatic rings. The van der Waals surface area contributed by atoms with E-state index in [2.05, 4.69) is 41.5 Å². The van der Waals surface area contributed by atoms with Crippen molar-refractivity contribution in [2.24, 2.45) is 0 Å². The van der Waals surface area contributed by atoms with E-state index < -0.39 is 5.97 Å². The molecule has 0 radical (unpaired) electrons. The summed E-state index contributed by atoms with van der Waals surface area (Å²) in [6.45, 7) is 14.9. The SMILES string of the molecule is CCOc1c(C(C)(C)C)cc(C(=O)OCCO)cc1C(C)(C)C. The highest BCUT2D eigenvalue weighted by atomic mass is 16.5. The molecule has 1 N–H and O–H groups in total. The fourth-order valence-corrected chi connectivity index (χ4v) is 2.38. The van der Waals surface area contributed by atoms with Crippen LogP contribution in [0.3, 0.4) is 0 Å². The number of aliphatic hydroxyl groups excluding tert-OH is 1. The first kappa shape index (κ1) is 19.5. The molecule has 4 heteroatoms. The number of esters is 1. The lowest BCUT2D eigenvalue weighted by atomic mass is 9.78. The van der Waals surface area contributed by atoms with Crippen LogP contribution >= 0.6 is 0 Å². The van der Waals surface area contributed by atoms with E-state index in [-0.39, 0.29) is 24.0 Å². The highest BCUT2D eigenvalue weighted by Crippen LogP contribution is 2.40. The van der Waals surface area contributed by atoms with Crippen LogP contribution in [0.4, 0.5) is 0 Å². The van der Waals surface area contributed by atoms with Gasteiger partial charge in [0.25, 0.3) is 0 Å². The van der Waals surface area contributed by atoms with Crippen molar-refractivity contribution in [1.29, 1.82) is 0 Å². The lowest BCUT2D eigenvalue weighted by Gasteiger charge is -2.30. The van der Waals surface area contributed by atoms with Crippen LogP contribution in [0.2, 0.25) is 0 Å². The van der Waals surface area contributed by atoms with Gasteiger partial charge in [0.15, 0.2) is 0 Å². The summed E-state index contributed by atoms with van der Waals surface area (Å²) >= 11 is 0. The summed E-state index contributed by atoms with van der Waals surface area (Å²) in [5, 5.41) is 8.85. The van der Waals surface area contributed by atoms with Crippen molar-refractivity contribution in [3.63, 3.8) is 0 Å². The van der Waals surface area contributed by atoms with Gasteiger partial charge in [0.2, 0.25) is 0 Å². The first-order chi connectivity index (χ1) is 10.5. The minimum absolute atomic E-state index is 0.00173. The Labute approximate surface area is 139 Å².